The highest BCUT2D eigenvalue weighted by Gasteiger charge is 2.08. The van der Waals surface area contributed by atoms with Crippen molar-refractivity contribution in [3.8, 4) is 0 Å². The first-order chi connectivity index (χ1) is 7.38. The van der Waals surface area contributed by atoms with Gasteiger partial charge < -0.3 is 10.1 Å². The Balaban J connectivity index is 2.36. The fourth-order valence-electron chi connectivity index (χ4n) is 1.50. The molecule has 0 aliphatic heterocycles. The van der Waals surface area contributed by atoms with Crippen molar-refractivity contribution in [1.82, 2.24) is 15.3 Å². The Morgan fingerprint density at radius 2 is 2.13 bits per heavy atom. The van der Waals surface area contributed by atoms with Gasteiger partial charge in [-0.2, -0.15) is 0 Å². The van der Waals surface area contributed by atoms with E-state index in [0.29, 0.717) is 6.04 Å². The van der Waals surface area contributed by atoms with Crippen molar-refractivity contribution in [3.05, 3.63) is 24.3 Å². The summed E-state index contributed by atoms with van der Waals surface area (Å²) in [4.78, 5) is 8.03. The molecule has 1 unspecified atom stereocenters. The van der Waals surface area contributed by atoms with E-state index >= 15 is 0 Å². The third-order valence-corrected chi connectivity index (χ3v) is 2.32. The van der Waals surface area contributed by atoms with Gasteiger partial charge in [-0.3, -0.25) is 0 Å². The second-order valence-corrected chi connectivity index (χ2v) is 3.35. The van der Waals surface area contributed by atoms with Gasteiger partial charge in [-0.05, 0) is 26.8 Å². The van der Waals surface area contributed by atoms with Gasteiger partial charge in [0.25, 0.3) is 0 Å². The van der Waals surface area contributed by atoms with Gasteiger partial charge in [0.1, 0.15) is 6.33 Å². The van der Waals surface area contributed by atoms with Crippen LogP contribution in [-0.4, -0.2) is 30.2 Å². The molecule has 0 saturated heterocycles. The smallest absolute Gasteiger partial charge is 0.115 e. The van der Waals surface area contributed by atoms with Crippen LogP contribution in [0.15, 0.2) is 18.7 Å². The lowest BCUT2D eigenvalue weighted by molar-refractivity contribution is 0.141. The maximum absolute atomic E-state index is 5.31. The molecule has 1 rings (SSSR count). The molecule has 0 amide bonds. The third-order valence-electron chi connectivity index (χ3n) is 2.32. The van der Waals surface area contributed by atoms with Crippen molar-refractivity contribution < 1.29 is 4.74 Å². The van der Waals surface area contributed by atoms with Crippen molar-refractivity contribution in [3.63, 3.8) is 0 Å². The largest absolute Gasteiger partial charge is 0.382 e. The van der Waals surface area contributed by atoms with Crippen molar-refractivity contribution in [2.75, 3.05) is 20.3 Å². The summed E-state index contributed by atoms with van der Waals surface area (Å²) in [7, 11) is 1.96. The van der Waals surface area contributed by atoms with E-state index in [1.807, 2.05) is 26.4 Å². The van der Waals surface area contributed by atoms with E-state index < -0.39 is 0 Å². The quantitative estimate of drug-likeness (QED) is 0.692. The highest BCUT2D eigenvalue weighted by Crippen LogP contribution is 2.15. The minimum atomic E-state index is 0.326. The standard InChI is InChI=1S/C11H19N3O/c1-3-15-6-4-5-11(12-2)10-7-13-9-14-8-10/h7-9,11-12H,3-6H2,1-2H3. The molecule has 0 spiro atoms. The highest BCUT2D eigenvalue weighted by atomic mass is 16.5. The van der Waals surface area contributed by atoms with Crippen molar-refractivity contribution in [1.29, 1.82) is 0 Å². The van der Waals surface area contributed by atoms with E-state index in [9.17, 15) is 0 Å². The lowest BCUT2D eigenvalue weighted by Gasteiger charge is -2.15. The molecule has 1 N–H and O–H groups in total. The molecular weight excluding hydrogens is 190 g/mol. The zero-order valence-electron chi connectivity index (χ0n) is 9.44. The van der Waals surface area contributed by atoms with Crippen LogP contribution in [0.1, 0.15) is 31.4 Å². The normalized spacial score (nSPS) is 12.7. The van der Waals surface area contributed by atoms with Gasteiger partial charge in [-0.1, -0.05) is 0 Å². The summed E-state index contributed by atoms with van der Waals surface area (Å²) in [6, 6.07) is 0.326. The molecule has 0 bridgehead atoms. The van der Waals surface area contributed by atoms with Crippen LogP contribution < -0.4 is 5.32 Å². The molecule has 4 nitrogen and oxygen atoms in total. The van der Waals surface area contributed by atoms with E-state index in [-0.39, 0.29) is 0 Å². The Kier molecular flexibility index (Phi) is 5.88. The molecule has 15 heavy (non-hydrogen) atoms. The van der Waals surface area contributed by atoms with Crippen LogP contribution >= 0.6 is 0 Å². The summed E-state index contributed by atoms with van der Waals surface area (Å²) < 4.78 is 5.31. The zero-order chi connectivity index (χ0) is 10.9. The van der Waals surface area contributed by atoms with Gasteiger partial charge >= 0.3 is 0 Å². The molecule has 0 saturated carbocycles. The Labute approximate surface area is 91.1 Å². The third kappa shape index (κ3) is 4.36. The van der Waals surface area contributed by atoms with E-state index in [1.54, 1.807) is 6.33 Å². The average Bonchev–Trinajstić information content (AvgIpc) is 2.30. The van der Waals surface area contributed by atoms with Gasteiger partial charge in [0, 0.05) is 37.2 Å². The average molecular weight is 209 g/mol. The number of nitrogens with one attached hydrogen (secondary N) is 1. The SMILES string of the molecule is CCOCCCC(NC)c1cncnc1. The molecule has 1 aromatic rings. The summed E-state index contributed by atoms with van der Waals surface area (Å²) in [5.74, 6) is 0. The van der Waals surface area contributed by atoms with Crippen LogP contribution in [0, 0.1) is 0 Å². The molecule has 0 radical (unpaired) electrons. The number of hydrogen-bond acceptors (Lipinski definition) is 4. The number of hydrogen-bond donors (Lipinski definition) is 1. The minimum Gasteiger partial charge on any atom is -0.382 e. The number of nitrogens with zero attached hydrogens (tertiary/aromatic N) is 2. The second-order valence-electron chi connectivity index (χ2n) is 3.35. The molecule has 4 heteroatoms. The fraction of sp³-hybridized carbons (Fsp3) is 0.636. The Morgan fingerprint density at radius 3 is 2.73 bits per heavy atom. The molecule has 0 fully saturated rings. The summed E-state index contributed by atoms with van der Waals surface area (Å²) in [5, 5.41) is 3.26. The minimum absolute atomic E-state index is 0.326. The molecule has 1 aromatic heterocycles. The lowest BCUT2D eigenvalue weighted by atomic mass is 10.1. The van der Waals surface area contributed by atoms with Crippen molar-refractivity contribution in [2.24, 2.45) is 0 Å². The summed E-state index contributed by atoms with van der Waals surface area (Å²) >= 11 is 0. The number of rotatable bonds is 7. The first-order valence-electron chi connectivity index (χ1n) is 5.38. The van der Waals surface area contributed by atoms with E-state index in [4.69, 9.17) is 4.74 Å². The van der Waals surface area contributed by atoms with Gasteiger partial charge in [0.05, 0.1) is 0 Å². The van der Waals surface area contributed by atoms with Crippen LogP contribution in [-0.2, 0) is 4.74 Å². The van der Waals surface area contributed by atoms with Crippen molar-refractivity contribution in [2.45, 2.75) is 25.8 Å². The molecule has 84 valence electrons. The Bertz CT molecular complexity index is 253. The highest BCUT2D eigenvalue weighted by molar-refractivity contribution is 5.08. The van der Waals surface area contributed by atoms with Gasteiger partial charge in [-0.15, -0.1) is 0 Å². The first kappa shape index (κ1) is 12.1. The number of aromatic nitrogens is 2. The van der Waals surface area contributed by atoms with Gasteiger partial charge in [0.2, 0.25) is 0 Å². The van der Waals surface area contributed by atoms with Crippen LogP contribution in [0.4, 0.5) is 0 Å². The Morgan fingerprint density at radius 1 is 1.40 bits per heavy atom. The summed E-state index contributed by atoms with van der Waals surface area (Å²) in [6.07, 6.45) is 7.36. The lowest BCUT2D eigenvalue weighted by Crippen LogP contribution is -2.17. The summed E-state index contributed by atoms with van der Waals surface area (Å²) in [6.45, 7) is 3.63. The van der Waals surface area contributed by atoms with Crippen LogP contribution in [0.5, 0.6) is 0 Å². The molecule has 0 aromatic carbocycles. The fourth-order valence-corrected chi connectivity index (χ4v) is 1.50. The first-order valence-corrected chi connectivity index (χ1v) is 5.38. The maximum atomic E-state index is 5.31. The predicted octanol–water partition coefficient (Wildman–Crippen LogP) is 1.55. The van der Waals surface area contributed by atoms with E-state index in [1.165, 1.54) is 0 Å². The topological polar surface area (TPSA) is 47.0 Å². The van der Waals surface area contributed by atoms with E-state index in [2.05, 4.69) is 15.3 Å². The molecule has 1 heterocycles. The summed E-state index contributed by atoms with van der Waals surface area (Å²) in [5.41, 5.74) is 1.14. The molecule has 1 atom stereocenters. The number of ether oxygens (including phenoxy) is 1. The Hall–Kier alpha value is -1.00. The second kappa shape index (κ2) is 7.31. The predicted molar refractivity (Wildman–Crippen MR) is 59.6 cm³/mol. The van der Waals surface area contributed by atoms with Crippen LogP contribution in [0.25, 0.3) is 0 Å². The van der Waals surface area contributed by atoms with Gasteiger partial charge in [-0.25, -0.2) is 9.97 Å². The molecule has 0 aliphatic carbocycles. The van der Waals surface area contributed by atoms with Gasteiger partial charge in [0.15, 0.2) is 0 Å². The monoisotopic (exact) mass is 209 g/mol. The van der Waals surface area contributed by atoms with Crippen LogP contribution in [0.3, 0.4) is 0 Å². The van der Waals surface area contributed by atoms with Crippen LogP contribution in [0.2, 0.25) is 0 Å². The van der Waals surface area contributed by atoms with E-state index in [0.717, 1.165) is 31.6 Å². The zero-order valence-corrected chi connectivity index (χ0v) is 9.44. The molecular formula is C11H19N3O. The molecule has 0 aliphatic rings. The maximum Gasteiger partial charge on any atom is 0.115 e. The van der Waals surface area contributed by atoms with Crippen molar-refractivity contribution >= 4 is 0 Å².